The Morgan fingerprint density at radius 2 is 0.937 bits per heavy atom. The summed E-state index contributed by atoms with van der Waals surface area (Å²) in [7, 11) is 4.70. The Balaban J connectivity index is 1.84. The zero-order valence-electron chi connectivity index (χ0n) is 38.1. The summed E-state index contributed by atoms with van der Waals surface area (Å²) in [5.41, 5.74) is -0.863. The summed E-state index contributed by atoms with van der Waals surface area (Å²) in [6.45, 7) is 3.62. The first-order valence-electron chi connectivity index (χ1n) is 22.5. The molecule has 1 fully saturated rings. The number of nitrogens with zero attached hydrogens (tertiary/aromatic N) is 1. The summed E-state index contributed by atoms with van der Waals surface area (Å²) >= 11 is 0. The van der Waals surface area contributed by atoms with Crippen molar-refractivity contribution in [2.45, 2.75) is 89.9 Å². The summed E-state index contributed by atoms with van der Waals surface area (Å²) in [4.78, 5) is 74.2. The summed E-state index contributed by atoms with van der Waals surface area (Å²) < 4.78 is 60.6. The number of amides is 2. The van der Waals surface area contributed by atoms with Crippen molar-refractivity contribution in [3.8, 4) is 0 Å². The van der Waals surface area contributed by atoms with Crippen molar-refractivity contribution in [1.82, 2.24) is 4.90 Å². The van der Waals surface area contributed by atoms with Crippen molar-refractivity contribution in [2.24, 2.45) is 17.3 Å². The largest absolute Gasteiger partial charge is 0.463 e. The van der Waals surface area contributed by atoms with Crippen LogP contribution in [-0.4, -0.2) is 174 Å². The van der Waals surface area contributed by atoms with Gasteiger partial charge in [-0.3, -0.25) is 33.7 Å². The van der Waals surface area contributed by atoms with E-state index in [1.165, 1.54) is 17.1 Å². The Bertz CT molecular complexity index is 1230. The number of carbonyl (C=O) groups is 6. The van der Waals surface area contributed by atoms with E-state index < -0.39 is 5.41 Å². The second-order valence-corrected chi connectivity index (χ2v) is 16.0. The third-order valence-corrected chi connectivity index (χ3v) is 10.5. The average Bonchev–Trinajstić information content (AvgIpc) is 3.58. The van der Waals surface area contributed by atoms with Gasteiger partial charge in [-0.1, -0.05) is 12.8 Å². The van der Waals surface area contributed by atoms with E-state index in [9.17, 15) is 28.8 Å². The number of hydrogen-bond acceptors (Lipinski definition) is 17. The van der Waals surface area contributed by atoms with Gasteiger partial charge in [0.25, 0.3) is 11.8 Å². The maximum atomic E-state index is 12.7. The number of ether oxygens (including phenoxy) is 11. The highest BCUT2D eigenvalue weighted by Gasteiger charge is 2.33. The number of Topliss-reactive ketones (excluding diaryl/α,β-unsaturated/α-hetero) is 1. The van der Waals surface area contributed by atoms with E-state index in [1.54, 1.807) is 21.3 Å². The van der Waals surface area contributed by atoms with Gasteiger partial charge in [0.2, 0.25) is 0 Å². The molecule has 362 valence electrons. The van der Waals surface area contributed by atoms with E-state index in [-0.39, 0.29) is 140 Å². The summed E-state index contributed by atoms with van der Waals surface area (Å²) in [6, 6.07) is 0. The molecule has 2 unspecified atom stereocenters. The predicted octanol–water partition coefficient (Wildman–Crippen LogP) is 3.83. The number of rotatable bonds is 41. The van der Waals surface area contributed by atoms with Crippen molar-refractivity contribution in [3.63, 3.8) is 0 Å². The van der Waals surface area contributed by atoms with E-state index in [0.29, 0.717) is 77.4 Å². The molecule has 0 radical (unpaired) electrons. The molecule has 0 aromatic rings. The normalized spacial score (nSPS) is 16.5. The fourth-order valence-corrected chi connectivity index (χ4v) is 7.13. The first-order valence-corrected chi connectivity index (χ1v) is 22.5. The van der Waals surface area contributed by atoms with Gasteiger partial charge in [-0.2, -0.15) is 0 Å². The van der Waals surface area contributed by atoms with E-state index >= 15 is 0 Å². The van der Waals surface area contributed by atoms with Gasteiger partial charge >= 0.3 is 17.9 Å². The van der Waals surface area contributed by atoms with Crippen LogP contribution in [0.4, 0.5) is 0 Å². The molecule has 0 aromatic heterocycles. The van der Waals surface area contributed by atoms with Crippen LogP contribution in [0.3, 0.4) is 0 Å². The minimum atomic E-state index is -0.863. The minimum Gasteiger partial charge on any atom is -0.463 e. The van der Waals surface area contributed by atoms with Crippen molar-refractivity contribution < 1.29 is 80.9 Å². The van der Waals surface area contributed by atoms with Gasteiger partial charge in [-0.05, 0) is 56.8 Å². The van der Waals surface area contributed by atoms with Crippen LogP contribution in [0.25, 0.3) is 0 Å². The number of imide groups is 1. The summed E-state index contributed by atoms with van der Waals surface area (Å²) in [5, 5.41) is 0. The molecule has 1 aliphatic heterocycles. The zero-order chi connectivity index (χ0) is 45.8. The molecule has 18 heteroatoms. The molecule has 2 rings (SSSR count). The fourth-order valence-electron chi connectivity index (χ4n) is 7.13. The van der Waals surface area contributed by atoms with E-state index in [4.69, 9.17) is 52.1 Å². The molecule has 2 atom stereocenters. The monoisotopic (exact) mass is 902 g/mol. The molecule has 0 saturated heterocycles. The second kappa shape index (κ2) is 35.9. The van der Waals surface area contributed by atoms with Crippen LogP contribution in [0.15, 0.2) is 12.2 Å². The van der Waals surface area contributed by atoms with Gasteiger partial charge in [0.1, 0.15) is 25.6 Å². The number of carbonyl (C=O) groups excluding carboxylic acids is 6. The SMILES string of the molecule is COCCCC(=O)OCCOCC(COCCOCCCC(=O)CCC1CCCC(CN2C(=O)C=CC2=O)C1)(COCCOC(=O)CCCOC)COCCOC(=O)CCCOC. The van der Waals surface area contributed by atoms with Crippen LogP contribution in [-0.2, 0) is 80.9 Å². The third kappa shape index (κ3) is 27.5. The molecule has 0 bridgehead atoms. The molecule has 0 N–H and O–H groups in total. The summed E-state index contributed by atoms with van der Waals surface area (Å²) in [6.07, 6.45) is 11.3. The van der Waals surface area contributed by atoms with Gasteiger partial charge in [-0.15, -0.1) is 0 Å². The van der Waals surface area contributed by atoms with Crippen LogP contribution in [0.5, 0.6) is 0 Å². The maximum Gasteiger partial charge on any atom is 0.305 e. The number of esters is 3. The molecule has 18 nitrogen and oxygen atoms in total. The molecular formula is C45H75NO17. The lowest BCUT2D eigenvalue weighted by Gasteiger charge is -2.33. The highest BCUT2D eigenvalue weighted by atomic mass is 16.6. The first kappa shape index (κ1) is 55.8. The van der Waals surface area contributed by atoms with Gasteiger partial charge in [-0.25, -0.2) is 0 Å². The topological polar surface area (TPSA) is 207 Å². The highest BCUT2D eigenvalue weighted by molar-refractivity contribution is 6.12. The first-order chi connectivity index (χ1) is 30.6. The van der Waals surface area contributed by atoms with E-state index in [2.05, 4.69) is 0 Å². The third-order valence-electron chi connectivity index (χ3n) is 10.5. The lowest BCUT2D eigenvalue weighted by molar-refractivity contribution is -0.151. The van der Waals surface area contributed by atoms with E-state index in [0.717, 1.165) is 32.1 Å². The van der Waals surface area contributed by atoms with Crippen LogP contribution < -0.4 is 0 Å². The minimum absolute atomic E-state index is 0.0448. The molecule has 0 spiro atoms. The molecule has 0 aromatic carbocycles. The van der Waals surface area contributed by atoms with Gasteiger partial charge in [0, 0.05) is 98.6 Å². The molecular weight excluding hydrogens is 826 g/mol. The highest BCUT2D eigenvalue weighted by Crippen LogP contribution is 2.33. The van der Waals surface area contributed by atoms with Crippen LogP contribution in [0, 0.1) is 17.3 Å². The Morgan fingerprint density at radius 1 is 0.524 bits per heavy atom. The van der Waals surface area contributed by atoms with Gasteiger partial charge in [0.15, 0.2) is 0 Å². The number of methoxy groups -OCH3 is 3. The van der Waals surface area contributed by atoms with Crippen LogP contribution in [0.2, 0.25) is 0 Å². The number of ketones is 1. The van der Waals surface area contributed by atoms with Gasteiger partial charge in [0.05, 0.1) is 64.9 Å². The van der Waals surface area contributed by atoms with Crippen LogP contribution in [0.1, 0.15) is 89.9 Å². The Labute approximate surface area is 373 Å². The van der Waals surface area contributed by atoms with Crippen molar-refractivity contribution in [3.05, 3.63) is 12.2 Å². The molecule has 1 aliphatic carbocycles. The Morgan fingerprint density at radius 3 is 1.40 bits per heavy atom. The van der Waals surface area contributed by atoms with Crippen molar-refractivity contribution >= 4 is 35.5 Å². The Kier molecular flexibility index (Phi) is 31.8. The van der Waals surface area contributed by atoms with Crippen molar-refractivity contribution in [1.29, 1.82) is 0 Å². The smallest absolute Gasteiger partial charge is 0.305 e. The van der Waals surface area contributed by atoms with Crippen molar-refractivity contribution in [2.75, 3.05) is 134 Å². The average molecular weight is 902 g/mol. The predicted molar refractivity (Wildman–Crippen MR) is 228 cm³/mol. The fraction of sp³-hybridized carbons (Fsp3) is 0.822. The summed E-state index contributed by atoms with van der Waals surface area (Å²) in [5.74, 6) is -0.669. The maximum absolute atomic E-state index is 12.7. The number of hydrogen-bond donors (Lipinski definition) is 0. The molecule has 63 heavy (non-hydrogen) atoms. The standard InChI is InChI=1S/C45H75NO17/c1-53-19-6-12-42(50)61-28-25-58-34-45(35-59-26-29-62-43(51)13-7-20-54-2,36-60-27-30-63-44(52)14-8-21-55-3)33-57-24-23-56-22-5-11-39(47)16-15-37-9-4-10-38(31-37)32-46-40(48)17-18-41(46)49/h17-18,37-38H,4-16,19-36H2,1-3H3. The van der Waals surface area contributed by atoms with Crippen LogP contribution >= 0.6 is 0 Å². The van der Waals surface area contributed by atoms with E-state index in [1.807, 2.05) is 0 Å². The zero-order valence-corrected chi connectivity index (χ0v) is 38.1. The quantitative estimate of drug-likeness (QED) is 0.0370. The lowest BCUT2D eigenvalue weighted by Crippen LogP contribution is -2.43. The molecule has 2 aliphatic rings. The Hall–Kier alpha value is -3.36. The molecule has 1 heterocycles. The lowest BCUT2D eigenvalue weighted by atomic mass is 9.78. The van der Waals surface area contributed by atoms with Gasteiger partial charge < -0.3 is 52.1 Å². The molecule has 1 saturated carbocycles. The molecule has 2 amide bonds. The second-order valence-electron chi connectivity index (χ2n) is 16.0.